The van der Waals surface area contributed by atoms with E-state index < -0.39 is 0 Å². The van der Waals surface area contributed by atoms with E-state index in [1.54, 1.807) is 12.4 Å². The van der Waals surface area contributed by atoms with Gasteiger partial charge in [0.1, 0.15) is 0 Å². The highest BCUT2D eigenvalue weighted by molar-refractivity contribution is 5.56. The van der Waals surface area contributed by atoms with Crippen LogP contribution < -0.4 is 5.73 Å². The van der Waals surface area contributed by atoms with Gasteiger partial charge in [0.2, 0.25) is 5.95 Å². The Hall–Kier alpha value is -1.98. The summed E-state index contributed by atoms with van der Waals surface area (Å²) in [5.74, 6) is 0.173. The lowest BCUT2D eigenvalue weighted by Gasteiger charge is -1.95. The second-order valence-electron chi connectivity index (χ2n) is 2.78. The fraction of sp³-hybridized carbons (Fsp3) is 0.250. The Balaban J connectivity index is 2.39. The Morgan fingerprint density at radius 2 is 2.29 bits per heavy atom. The molecule has 0 amide bonds. The largest absolute Gasteiger partial charge is 0.366 e. The van der Waals surface area contributed by atoms with Crippen molar-refractivity contribution in [2.75, 3.05) is 5.73 Å². The fourth-order valence-electron chi connectivity index (χ4n) is 1.13. The molecule has 0 fully saturated rings. The zero-order chi connectivity index (χ0) is 9.97. The third kappa shape index (κ3) is 1.54. The standard InChI is InChI=1S/C8H10N6/c1-2-14-5-6(3-11-14)7-4-10-13-8(9)12-7/h3-5H,2H2,1H3,(H2,9,12,13). The summed E-state index contributed by atoms with van der Waals surface area (Å²) in [5.41, 5.74) is 7.01. The number of aryl methyl sites for hydroxylation is 1. The number of anilines is 1. The highest BCUT2D eigenvalue weighted by Gasteiger charge is 2.03. The summed E-state index contributed by atoms with van der Waals surface area (Å²) in [5, 5.41) is 11.4. The molecule has 0 unspecified atom stereocenters. The summed E-state index contributed by atoms with van der Waals surface area (Å²) in [7, 11) is 0. The molecule has 14 heavy (non-hydrogen) atoms. The number of hydrogen-bond donors (Lipinski definition) is 1. The van der Waals surface area contributed by atoms with E-state index in [1.807, 2.05) is 17.8 Å². The number of nitrogens with zero attached hydrogens (tertiary/aromatic N) is 5. The van der Waals surface area contributed by atoms with Gasteiger partial charge >= 0.3 is 0 Å². The first-order valence-electron chi connectivity index (χ1n) is 4.27. The van der Waals surface area contributed by atoms with Crippen molar-refractivity contribution in [3.05, 3.63) is 18.6 Å². The van der Waals surface area contributed by atoms with Gasteiger partial charge < -0.3 is 5.73 Å². The van der Waals surface area contributed by atoms with Crippen molar-refractivity contribution in [1.29, 1.82) is 0 Å². The summed E-state index contributed by atoms with van der Waals surface area (Å²) < 4.78 is 1.81. The van der Waals surface area contributed by atoms with Crippen LogP contribution in [-0.4, -0.2) is 25.0 Å². The van der Waals surface area contributed by atoms with Crippen LogP contribution in [0.2, 0.25) is 0 Å². The van der Waals surface area contributed by atoms with Crippen LogP contribution in [0, 0.1) is 0 Å². The number of rotatable bonds is 2. The fourth-order valence-corrected chi connectivity index (χ4v) is 1.13. The highest BCUT2D eigenvalue weighted by Crippen LogP contribution is 2.14. The van der Waals surface area contributed by atoms with Gasteiger partial charge in [-0.1, -0.05) is 0 Å². The molecule has 0 aromatic carbocycles. The normalized spacial score (nSPS) is 10.4. The predicted molar refractivity (Wildman–Crippen MR) is 51.1 cm³/mol. The van der Waals surface area contributed by atoms with Crippen molar-refractivity contribution in [1.82, 2.24) is 25.0 Å². The molecular formula is C8H10N6. The molecule has 0 spiro atoms. The molecule has 2 aromatic rings. The van der Waals surface area contributed by atoms with E-state index in [9.17, 15) is 0 Å². The van der Waals surface area contributed by atoms with Gasteiger partial charge in [-0.15, -0.1) is 5.10 Å². The number of aromatic nitrogens is 5. The molecule has 2 heterocycles. The van der Waals surface area contributed by atoms with Crippen LogP contribution in [0.1, 0.15) is 6.92 Å². The third-order valence-electron chi connectivity index (χ3n) is 1.83. The van der Waals surface area contributed by atoms with E-state index in [0.717, 1.165) is 12.1 Å². The number of nitrogen functional groups attached to an aromatic ring is 1. The Kier molecular flexibility index (Phi) is 2.10. The molecule has 0 aliphatic rings. The second kappa shape index (κ2) is 3.41. The molecule has 0 radical (unpaired) electrons. The van der Waals surface area contributed by atoms with Crippen molar-refractivity contribution in [3.63, 3.8) is 0 Å². The van der Waals surface area contributed by atoms with E-state index in [4.69, 9.17) is 5.73 Å². The molecule has 0 aliphatic heterocycles. The Labute approximate surface area is 80.8 Å². The van der Waals surface area contributed by atoms with Crippen LogP contribution in [-0.2, 0) is 6.54 Å². The van der Waals surface area contributed by atoms with Crippen molar-refractivity contribution >= 4 is 5.95 Å². The van der Waals surface area contributed by atoms with Crippen molar-refractivity contribution in [2.45, 2.75) is 13.5 Å². The zero-order valence-electron chi connectivity index (χ0n) is 7.75. The summed E-state index contributed by atoms with van der Waals surface area (Å²) in [6, 6.07) is 0. The molecule has 6 heteroatoms. The lowest BCUT2D eigenvalue weighted by Crippen LogP contribution is -1.97. The topological polar surface area (TPSA) is 82.5 Å². The first-order valence-corrected chi connectivity index (χ1v) is 4.27. The average molecular weight is 190 g/mol. The second-order valence-corrected chi connectivity index (χ2v) is 2.78. The molecule has 0 saturated carbocycles. The average Bonchev–Trinajstić information content (AvgIpc) is 2.66. The van der Waals surface area contributed by atoms with Gasteiger partial charge in [0.05, 0.1) is 18.1 Å². The maximum atomic E-state index is 5.42. The predicted octanol–water partition coefficient (Wildman–Crippen LogP) is 0.337. The van der Waals surface area contributed by atoms with E-state index in [2.05, 4.69) is 20.3 Å². The maximum Gasteiger partial charge on any atom is 0.240 e. The van der Waals surface area contributed by atoms with E-state index in [-0.39, 0.29) is 5.95 Å². The number of nitrogens with two attached hydrogens (primary N) is 1. The Morgan fingerprint density at radius 1 is 1.43 bits per heavy atom. The number of hydrogen-bond acceptors (Lipinski definition) is 5. The van der Waals surface area contributed by atoms with Crippen LogP contribution in [0.25, 0.3) is 11.3 Å². The molecule has 2 rings (SSSR count). The Bertz CT molecular complexity index is 435. The van der Waals surface area contributed by atoms with Crippen molar-refractivity contribution in [2.24, 2.45) is 0 Å². The Morgan fingerprint density at radius 3 is 2.93 bits per heavy atom. The third-order valence-corrected chi connectivity index (χ3v) is 1.83. The summed E-state index contributed by atoms with van der Waals surface area (Å²) in [6.07, 6.45) is 5.18. The molecule has 0 bridgehead atoms. The minimum atomic E-state index is 0.173. The van der Waals surface area contributed by atoms with Crippen LogP contribution >= 0.6 is 0 Å². The van der Waals surface area contributed by atoms with Crippen LogP contribution in [0.3, 0.4) is 0 Å². The van der Waals surface area contributed by atoms with E-state index in [1.165, 1.54) is 0 Å². The van der Waals surface area contributed by atoms with Crippen LogP contribution in [0.15, 0.2) is 18.6 Å². The lowest BCUT2D eigenvalue weighted by atomic mass is 10.3. The minimum absolute atomic E-state index is 0.173. The molecule has 0 saturated heterocycles. The van der Waals surface area contributed by atoms with E-state index in [0.29, 0.717) is 5.69 Å². The molecule has 0 aliphatic carbocycles. The van der Waals surface area contributed by atoms with Gasteiger partial charge in [-0.3, -0.25) is 4.68 Å². The zero-order valence-corrected chi connectivity index (χ0v) is 7.75. The quantitative estimate of drug-likeness (QED) is 0.738. The maximum absolute atomic E-state index is 5.42. The molecule has 72 valence electrons. The first-order chi connectivity index (χ1) is 6.79. The van der Waals surface area contributed by atoms with E-state index >= 15 is 0 Å². The smallest absolute Gasteiger partial charge is 0.240 e. The van der Waals surface area contributed by atoms with Gasteiger partial charge in [0.15, 0.2) is 0 Å². The van der Waals surface area contributed by atoms with Gasteiger partial charge in [-0.25, -0.2) is 4.98 Å². The minimum Gasteiger partial charge on any atom is -0.366 e. The summed E-state index contributed by atoms with van der Waals surface area (Å²) >= 11 is 0. The van der Waals surface area contributed by atoms with Gasteiger partial charge in [0, 0.05) is 18.3 Å². The SMILES string of the molecule is CCn1cc(-c2cnnc(N)n2)cn1. The van der Waals surface area contributed by atoms with Gasteiger partial charge in [-0.05, 0) is 6.92 Å². The van der Waals surface area contributed by atoms with Crippen LogP contribution in [0.5, 0.6) is 0 Å². The molecule has 2 N–H and O–H groups in total. The first kappa shape index (κ1) is 8.61. The summed E-state index contributed by atoms with van der Waals surface area (Å²) in [4.78, 5) is 4.04. The van der Waals surface area contributed by atoms with Crippen LogP contribution in [0.4, 0.5) is 5.95 Å². The van der Waals surface area contributed by atoms with Gasteiger partial charge in [0.25, 0.3) is 0 Å². The molecule has 0 atom stereocenters. The highest BCUT2D eigenvalue weighted by atomic mass is 15.3. The lowest BCUT2D eigenvalue weighted by molar-refractivity contribution is 0.660. The van der Waals surface area contributed by atoms with Crippen molar-refractivity contribution < 1.29 is 0 Å². The van der Waals surface area contributed by atoms with Gasteiger partial charge in [-0.2, -0.15) is 10.2 Å². The molecule has 2 aromatic heterocycles. The summed E-state index contributed by atoms with van der Waals surface area (Å²) in [6.45, 7) is 2.84. The molecule has 6 nitrogen and oxygen atoms in total. The monoisotopic (exact) mass is 190 g/mol. The molecular weight excluding hydrogens is 180 g/mol. The van der Waals surface area contributed by atoms with Crippen molar-refractivity contribution in [3.8, 4) is 11.3 Å².